The molecule has 2 aliphatic rings. The Hall–Kier alpha value is -0.660. The highest BCUT2D eigenvalue weighted by molar-refractivity contribution is 7.88. The molecule has 2 rings (SSSR count). The lowest BCUT2D eigenvalue weighted by Gasteiger charge is -2.37. The van der Waals surface area contributed by atoms with Crippen LogP contribution >= 0.6 is 0 Å². The predicted molar refractivity (Wildman–Crippen MR) is 66.5 cm³/mol. The summed E-state index contributed by atoms with van der Waals surface area (Å²) in [5.41, 5.74) is 0. The number of nitrogens with zero attached hydrogens (tertiary/aromatic N) is 2. The largest absolute Gasteiger partial charge is 0.468 e. The molecule has 1 saturated heterocycles. The highest BCUT2D eigenvalue weighted by Crippen LogP contribution is 2.36. The van der Waals surface area contributed by atoms with Gasteiger partial charge in [-0.15, -0.1) is 0 Å². The molecule has 1 saturated carbocycles. The number of hydrogen-bond acceptors (Lipinski definition) is 5. The third kappa shape index (κ3) is 3.02. The summed E-state index contributed by atoms with van der Waals surface area (Å²) in [5.74, 6) is 0.201. The molecule has 1 unspecified atom stereocenters. The fourth-order valence-electron chi connectivity index (χ4n) is 2.49. The highest BCUT2D eigenvalue weighted by atomic mass is 32.2. The maximum Gasteiger partial charge on any atom is 0.323 e. The minimum Gasteiger partial charge on any atom is -0.468 e. The average Bonchev–Trinajstić information content (AvgIpc) is 3.13. The van der Waals surface area contributed by atoms with E-state index in [4.69, 9.17) is 4.74 Å². The molecular formula is C11H20N2O4S. The number of esters is 1. The molecular weight excluding hydrogens is 256 g/mol. The Kier molecular flexibility index (Phi) is 3.93. The van der Waals surface area contributed by atoms with Crippen molar-refractivity contribution in [2.24, 2.45) is 5.92 Å². The van der Waals surface area contributed by atoms with E-state index in [1.807, 2.05) is 0 Å². The van der Waals surface area contributed by atoms with Gasteiger partial charge >= 0.3 is 5.97 Å². The van der Waals surface area contributed by atoms with Crippen LogP contribution in [0.15, 0.2) is 0 Å². The van der Waals surface area contributed by atoms with E-state index in [9.17, 15) is 13.2 Å². The number of methoxy groups -OCH3 is 1. The van der Waals surface area contributed by atoms with Crippen LogP contribution in [0.2, 0.25) is 0 Å². The van der Waals surface area contributed by atoms with Crippen LogP contribution in [0.5, 0.6) is 0 Å². The van der Waals surface area contributed by atoms with E-state index >= 15 is 0 Å². The van der Waals surface area contributed by atoms with E-state index in [0.717, 1.165) is 12.8 Å². The Bertz CT molecular complexity index is 411. The van der Waals surface area contributed by atoms with Crippen LogP contribution in [0.1, 0.15) is 12.8 Å². The minimum absolute atomic E-state index is 0.184. The van der Waals surface area contributed by atoms with E-state index in [1.165, 1.54) is 17.7 Å². The molecule has 7 heteroatoms. The van der Waals surface area contributed by atoms with Crippen LogP contribution in [-0.2, 0) is 19.6 Å². The number of sulfonamides is 1. The monoisotopic (exact) mass is 276 g/mol. The molecule has 0 radical (unpaired) electrons. The first-order valence-corrected chi connectivity index (χ1v) is 8.05. The Morgan fingerprint density at radius 3 is 2.17 bits per heavy atom. The summed E-state index contributed by atoms with van der Waals surface area (Å²) >= 11 is 0. The van der Waals surface area contributed by atoms with Crippen molar-refractivity contribution >= 4 is 16.0 Å². The standard InChI is InChI=1S/C11H20N2O4S/c1-17-11(14)10(9-3-4-9)12-5-7-13(8-6-12)18(2,15)16/h9-10H,3-8H2,1-2H3. The second-order valence-electron chi connectivity index (χ2n) is 5.00. The van der Waals surface area contributed by atoms with Gasteiger partial charge in [0, 0.05) is 26.2 Å². The molecule has 1 heterocycles. The fraction of sp³-hybridized carbons (Fsp3) is 0.909. The molecule has 0 aromatic heterocycles. The summed E-state index contributed by atoms with van der Waals surface area (Å²) in [6.45, 7) is 2.12. The first-order chi connectivity index (χ1) is 8.43. The van der Waals surface area contributed by atoms with Gasteiger partial charge in [0.25, 0.3) is 0 Å². The van der Waals surface area contributed by atoms with Gasteiger partial charge in [-0.3, -0.25) is 9.69 Å². The van der Waals surface area contributed by atoms with E-state index < -0.39 is 10.0 Å². The Morgan fingerprint density at radius 2 is 1.78 bits per heavy atom. The van der Waals surface area contributed by atoms with Crippen molar-refractivity contribution in [2.75, 3.05) is 39.5 Å². The molecule has 18 heavy (non-hydrogen) atoms. The zero-order valence-corrected chi connectivity index (χ0v) is 11.6. The fourth-order valence-corrected chi connectivity index (χ4v) is 3.31. The first-order valence-electron chi connectivity index (χ1n) is 6.20. The summed E-state index contributed by atoms with van der Waals surface area (Å²) in [7, 11) is -1.71. The van der Waals surface area contributed by atoms with E-state index in [-0.39, 0.29) is 12.0 Å². The lowest BCUT2D eigenvalue weighted by Crippen LogP contribution is -2.54. The minimum atomic E-state index is -3.11. The van der Waals surface area contributed by atoms with Crippen LogP contribution in [0.25, 0.3) is 0 Å². The quantitative estimate of drug-likeness (QED) is 0.649. The summed E-state index contributed by atoms with van der Waals surface area (Å²) in [6.07, 6.45) is 3.35. The van der Waals surface area contributed by atoms with Gasteiger partial charge in [0.05, 0.1) is 13.4 Å². The summed E-state index contributed by atoms with van der Waals surface area (Å²) < 4.78 is 29.1. The van der Waals surface area contributed by atoms with Gasteiger partial charge in [-0.2, -0.15) is 4.31 Å². The second-order valence-corrected chi connectivity index (χ2v) is 6.99. The number of carbonyl (C=O) groups is 1. The van der Waals surface area contributed by atoms with Crippen molar-refractivity contribution in [3.05, 3.63) is 0 Å². The van der Waals surface area contributed by atoms with Crippen LogP contribution in [0, 0.1) is 5.92 Å². The molecule has 0 aromatic rings. The zero-order chi connectivity index (χ0) is 13.3. The summed E-state index contributed by atoms with van der Waals surface area (Å²) in [5, 5.41) is 0. The molecule has 0 N–H and O–H groups in total. The van der Waals surface area contributed by atoms with Crippen molar-refractivity contribution in [1.29, 1.82) is 0 Å². The maximum atomic E-state index is 11.8. The molecule has 2 fully saturated rings. The molecule has 1 aliphatic heterocycles. The number of hydrogen-bond donors (Lipinski definition) is 0. The highest BCUT2D eigenvalue weighted by Gasteiger charge is 2.42. The Balaban J connectivity index is 1.97. The normalized spacial score (nSPS) is 24.8. The van der Waals surface area contributed by atoms with Crippen LogP contribution in [-0.4, -0.2) is 69.2 Å². The van der Waals surface area contributed by atoms with E-state index in [2.05, 4.69) is 4.90 Å². The maximum absolute atomic E-state index is 11.8. The van der Waals surface area contributed by atoms with Crippen molar-refractivity contribution in [3.8, 4) is 0 Å². The van der Waals surface area contributed by atoms with Crippen molar-refractivity contribution < 1.29 is 17.9 Å². The molecule has 0 aromatic carbocycles. The van der Waals surface area contributed by atoms with Crippen molar-refractivity contribution in [1.82, 2.24) is 9.21 Å². The SMILES string of the molecule is COC(=O)C(C1CC1)N1CCN(S(C)(=O)=O)CC1. The summed E-state index contributed by atoms with van der Waals surface area (Å²) in [4.78, 5) is 13.8. The molecule has 0 bridgehead atoms. The van der Waals surface area contributed by atoms with Gasteiger partial charge in [0.15, 0.2) is 0 Å². The molecule has 104 valence electrons. The van der Waals surface area contributed by atoms with Gasteiger partial charge in [-0.1, -0.05) is 0 Å². The van der Waals surface area contributed by atoms with Crippen molar-refractivity contribution in [2.45, 2.75) is 18.9 Å². The van der Waals surface area contributed by atoms with E-state index in [1.54, 1.807) is 0 Å². The lowest BCUT2D eigenvalue weighted by atomic mass is 10.1. The number of rotatable bonds is 4. The summed E-state index contributed by atoms with van der Waals surface area (Å²) in [6, 6.07) is -0.184. The van der Waals surface area contributed by atoms with Gasteiger partial charge < -0.3 is 4.74 Å². The topological polar surface area (TPSA) is 66.9 Å². The first kappa shape index (κ1) is 13.8. The predicted octanol–water partition coefficient (Wildman–Crippen LogP) is -0.485. The number of ether oxygens (including phenoxy) is 1. The second kappa shape index (κ2) is 5.14. The lowest BCUT2D eigenvalue weighted by molar-refractivity contribution is -0.148. The molecule has 0 amide bonds. The van der Waals surface area contributed by atoms with Crippen LogP contribution in [0.3, 0.4) is 0 Å². The number of carbonyl (C=O) groups excluding carboxylic acids is 1. The van der Waals surface area contributed by atoms with Crippen LogP contribution in [0.4, 0.5) is 0 Å². The van der Waals surface area contributed by atoms with Crippen LogP contribution < -0.4 is 0 Å². The molecule has 0 spiro atoms. The molecule has 6 nitrogen and oxygen atoms in total. The van der Waals surface area contributed by atoms with Crippen molar-refractivity contribution in [3.63, 3.8) is 0 Å². The Labute approximate surface area is 108 Å². The van der Waals surface area contributed by atoms with Gasteiger partial charge in [-0.05, 0) is 18.8 Å². The van der Waals surface area contributed by atoms with E-state index in [0.29, 0.717) is 32.1 Å². The third-order valence-electron chi connectivity index (χ3n) is 3.65. The Morgan fingerprint density at radius 1 is 1.22 bits per heavy atom. The zero-order valence-electron chi connectivity index (χ0n) is 10.8. The third-order valence-corrected chi connectivity index (χ3v) is 4.95. The van der Waals surface area contributed by atoms with Gasteiger partial charge in [0.1, 0.15) is 6.04 Å². The molecule has 1 aliphatic carbocycles. The number of piperazine rings is 1. The molecule has 1 atom stereocenters. The average molecular weight is 276 g/mol. The van der Waals surface area contributed by atoms with Gasteiger partial charge in [-0.25, -0.2) is 8.42 Å². The van der Waals surface area contributed by atoms with Gasteiger partial charge in [0.2, 0.25) is 10.0 Å². The smallest absolute Gasteiger partial charge is 0.323 e.